The first-order valence-electron chi connectivity index (χ1n) is 12.5. The van der Waals surface area contributed by atoms with Crippen molar-refractivity contribution in [2.75, 3.05) is 5.32 Å². The summed E-state index contributed by atoms with van der Waals surface area (Å²) in [6, 6.07) is 18.2. The summed E-state index contributed by atoms with van der Waals surface area (Å²) < 4.78 is 0. The van der Waals surface area contributed by atoms with E-state index in [1.807, 2.05) is 36.4 Å². The van der Waals surface area contributed by atoms with Crippen molar-refractivity contribution in [3.8, 4) is 17.3 Å². The van der Waals surface area contributed by atoms with Gasteiger partial charge in [0.05, 0.1) is 22.3 Å². The summed E-state index contributed by atoms with van der Waals surface area (Å²) in [4.78, 5) is 19.8. The number of para-hydroxylation sites is 1. The quantitative estimate of drug-likeness (QED) is 0.316. The number of anilines is 1. The fourth-order valence-electron chi connectivity index (χ4n) is 5.11. The van der Waals surface area contributed by atoms with Crippen molar-refractivity contribution in [3.05, 3.63) is 81.2 Å². The third kappa shape index (κ3) is 4.42. The van der Waals surface area contributed by atoms with E-state index in [0.29, 0.717) is 22.0 Å². The van der Waals surface area contributed by atoms with Crippen LogP contribution in [0, 0.1) is 36.5 Å². The molecular weight excluding hydrogens is 462 g/mol. The lowest BCUT2D eigenvalue weighted by atomic mass is 9.72. The van der Waals surface area contributed by atoms with E-state index in [1.54, 1.807) is 11.3 Å². The lowest BCUT2D eigenvalue weighted by Gasteiger charge is -2.33. The van der Waals surface area contributed by atoms with Gasteiger partial charge in [-0.2, -0.15) is 5.26 Å². The second-order valence-electron chi connectivity index (χ2n) is 11.0. The Bertz CT molecular complexity index is 1530. The SMILES string of the molecule is Cc1ccc(-c2cc(C(=O)Nc3sc4c(c3C#N)CCC(C(C)(C)C)C4)c3ccccc3n2)cc1C. The second kappa shape index (κ2) is 9.19. The lowest BCUT2D eigenvalue weighted by molar-refractivity contribution is 0.102. The smallest absolute Gasteiger partial charge is 0.257 e. The summed E-state index contributed by atoms with van der Waals surface area (Å²) in [6.07, 6.45) is 2.93. The first-order chi connectivity index (χ1) is 17.2. The van der Waals surface area contributed by atoms with E-state index in [4.69, 9.17) is 4.98 Å². The Kier molecular flexibility index (Phi) is 6.18. The van der Waals surface area contributed by atoms with Crippen molar-refractivity contribution < 1.29 is 4.79 Å². The number of aromatic nitrogens is 1. The molecule has 1 aliphatic rings. The van der Waals surface area contributed by atoms with Crippen LogP contribution in [-0.4, -0.2) is 10.9 Å². The number of nitrogens with one attached hydrogen (secondary N) is 1. The van der Waals surface area contributed by atoms with Crippen molar-refractivity contribution >= 4 is 33.1 Å². The fraction of sp³-hybridized carbons (Fsp3) is 0.323. The molecule has 4 aromatic rings. The van der Waals surface area contributed by atoms with Crippen molar-refractivity contribution in [2.24, 2.45) is 11.3 Å². The van der Waals surface area contributed by atoms with E-state index in [9.17, 15) is 10.1 Å². The molecule has 2 heterocycles. The van der Waals surface area contributed by atoms with Gasteiger partial charge in [-0.25, -0.2) is 4.98 Å². The highest BCUT2D eigenvalue weighted by Crippen LogP contribution is 2.44. The highest BCUT2D eigenvalue weighted by Gasteiger charge is 2.32. The minimum Gasteiger partial charge on any atom is -0.312 e. The summed E-state index contributed by atoms with van der Waals surface area (Å²) in [6.45, 7) is 11.0. The number of fused-ring (bicyclic) bond motifs is 2. The van der Waals surface area contributed by atoms with Gasteiger partial charge in [0.2, 0.25) is 0 Å². The van der Waals surface area contributed by atoms with Crippen LogP contribution < -0.4 is 5.32 Å². The molecule has 0 saturated carbocycles. The van der Waals surface area contributed by atoms with E-state index in [1.165, 1.54) is 16.0 Å². The number of hydrogen-bond donors (Lipinski definition) is 1. The molecule has 2 aromatic heterocycles. The average Bonchev–Trinajstić information content (AvgIpc) is 3.20. The topological polar surface area (TPSA) is 65.8 Å². The second-order valence-corrected chi connectivity index (χ2v) is 12.1. The van der Waals surface area contributed by atoms with Crippen LogP contribution >= 0.6 is 11.3 Å². The van der Waals surface area contributed by atoms with Gasteiger partial charge in [0.1, 0.15) is 11.1 Å². The number of nitriles is 1. The number of rotatable bonds is 3. The number of nitrogens with zero attached hydrogens (tertiary/aromatic N) is 2. The number of pyridine rings is 1. The molecule has 36 heavy (non-hydrogen) atoms. The molecule has 5 rings (SSSR count). The summed E-state index contributed by atoms with van der Waals surface area (Å²) in [5.41, 5.74) is 7.46. The number of carbonyl (C=O) groups is 1. The Hall–Kier alpha value is -3.49. The summed E-state index contributed by atoms with van der Waals surface area (Å²) in [7, 11) is 0. The van der Waals surface area contributed by atoms with Crippen LogP contribution in [0.3, 0.4) is 0 Å². The maximum absolute atomic E-state index is 13.7. The van der Waals surface area contributed by atoms with Crippen LogP contribution in [0.2, 0.25) is 0 Å². The third-order valence-corrected chi connectivity index (χ3v) is 8.76. The molecule has 1 unspecified atom stereocenters. The third-order valence-electron chi connectivity index (χ3n) is 7.59. The lowest BCUT2D eigenvalue weighted by Crippen LogP contribution is -2.26. The van der Waals surface area contributed by atoms with Gasteiger partial charge in [-0.1, -0.05) is 51.1 Å². The Labute approximate surface area is 217 Å². The Morgan fingerprint density at radius 2 is 1.89 bits per heavy atom. The van der Waals surface area contributed by atoms with Gasteiger partial charge in [0.15, 0.2) is 0 Å². The number of hydrogen-bond acceptors (Lipinski definition) is 4. The van der Waals surface area contributed by atoms with E-state index in [0.717, 1.165) is 47.0 Å². The molecule has 1 N–H and O–H groups in total. The zero-order valence-corrected chi connectivity index (χ0v) is 22.3. The minimum atomic E-state index is -0.207. The van der Waals surface area contributed by atoms with Gasteiger partial charge in [-0.15, -0.1) is 11.3 Å². The molecule has 1 amide bonds. The summed E-state index contributed by atoms with van der Waals surface area (Å²) in [5.74, 6) is 0.365. The summed E-state index contributed by atoms with van der Waals surface area (Å²) >= 11 is 1.57. The molecule has 0 saturated heterocycles. The largest absolute Gasteiger partial charge is 0.312 e. The van der Waals surface area contributed by atoms with Gasteiger partial charge in [0, 0.05) is 15.8 Å². The molecule has 1 atom stereocenters. The van der Waals surface area contributed by atoms with E-state index >= 15 is 0 Å². The maximum atomic E-state index is 13.7. The van der Waals surface area contributed by atoms with Crippen molar-refractivity contribution in [3.63, 3.8) is 0 Å². The number of carbonyl (C=O) groups excluding carboxylic acids is 1. The van der Waals surface area contributed by atoms with Crippen LogP contribution in [0.4, 0.5) is 5.00 Å². The highest BCUT2D eigenvalue weighted by molar-refractivity contribution is 7.16. The molecule has 0 spiro atoms. The van der Waals surface area contributed by atoms with Gasteiger partial charge >= 0.3 is 0 Å². The first kappa shape index (κ1) is 24.2. The zero-order chi connectivity index (χ0) is 25.6. The molecule has 0 bridgehead atoms. The Morgan fingerprint density at radius 3 is 2.61 bits per heavy atom. The molecule has 2 aromatic carbocycles. The van der Waals surface area contributed by atoms with E-state index in [2.05, 4.69) is 58.1 Å². The molecule has 5 heteroatoms. The van der Waals surface area contributed by atoms with Crippen LogP contribution in [0.1, 0.15) is 64.7 Å². The predicted octanol–water partition coefficient (Wildman–Crippen LogP) is 7.86. The van der Waals surface area contributed by atoms with Crippen LogP contribution in [0.5, 0.6) is 0 Å². The van der Waals surface area contributed by atoms with Gasteiger partial charge in [0.25, 0.3) is 5.91 Å². The Morgan fingerprint density at radius 1 is 1.11 bits per heavy atom. The van der Waals surface area contributed by atoms with Gasteiger partial charge < -0.3 is 5.32 Å². The van der Waals surface area contributed by atoms with Gasteiger partial charge in [-0.3, -0.25) is 4.79 Å². The standard InChI is InChI=1S/C31H31N3OS/c1-18-10-11-20(14-19(18)2)27-16-24(22-8-6-7-9-26(22)33-27)29(35)34-30-25(17-32)23-13-12-21(31(3,4)5)15-28(23)36-30/h6-11,14,16,21H,12-13,15H2,1-5H3,(H,34,35). The molecule has 0 radical (unpaired) electrons. The summed E-state index contributed by atoms with van der Waals surface area (Å²) in [5, 5.41) is 14.6. The van der Waals surface area contributed by atoms with E-state index < -0.39 is 0 Å². The monoisotopic (exact) mass is 493 g/mol. The normalized spacial score (nSPS) is 15.4. The number of amides is 1. The molecule has 1 aliphatic carbocycles. The van der Waals surface area contributed by atoms with Crippen LogP contribution in [0.25, 0.3) is 22.2 Å². The molecule has 182 valence electrons. The number of thiophene rings is 1. The maximum Gasteiger partial charge on any atom is 0.257 e. The molecule has 0 aliphatic heterocycles. The Balaban J connectivity index is 1.54. The number of benzene rings is 2. The van der Waals surface area contributed by atoms with Crippen molar-refractivity contribution in [2.45, 2.75) is 53.9 Å². The van der Waals surface area contributed by atoms with E-state index in [-0.39, 0.29) is 11.3 Å². The molecule has 4 nitrogen and oxygen atoms in total. The number of aryl methyl sites for hydroxylation is 2. The minimum absolute atomic E-state index is 0.207. The van der Waals surface area contributed by atoms with Gasteiger partial charge in [-0.05, 0) is 79.3 Å². The van der Waals surface area contributed by atoms with Crippen LogP contribution in [0.15, 0.2) is 48.5 Å². The highest BCUT2D eigenvalue weighted by atomic mass is 32.1. The first-order valence-corrected chi connectivity index (χ1v) is 13.3. The van der Waals surface area contributed by atoms with Crippen molar-refractivity contribution in [1.29, 1.82) is 5.26 Å². The molecule has 0 fully saturated rings. The molecular formula is C31H31N3OS. The fourth-order valence-corrected chi connectivity index (χ4v) is 6.39. The average molecular weight is 494 g/mol. The zero-order valence-electron chi connectivity index (χ0n) is 21.5. The van der Waals surface area contributed by atoms with Crippen molar-refractivity contribution in [1.82, 2.24) is 4.98 Å². The van der Waals surface area contributed by atoms with Crippen LogP contribution in [-0.2, 0) is 12.8 Å². The predicted molar refractivity (Wildman–Crippen MR) is 149 cm³/mol.